The molecule has 0 aliphatic rings. The monoisotopic (exact) mass is 153 g/mol. The minimum Gasteiger partial charge on any atom is -0.367 e. The summed E-state index contributed by atoms with van der Waals surface area (Å²) >= 11 is 2.50. The van der Waals surface area contributed by atoms with E-state index in [0.717, 1.165) is 0 Å². The zero-order valence-corrected chi connectivity index (χ0v) is 4.47. The number of nitrogens with two attached hydrogens (primary N) is 2. The van der Waals surface area contributed by atoms with Crippen molar-refractivity contribution in [2.45, 2.75) is 0 Å². The Morgan fingerprint density at radius 2 is 2.17 bits per heavy atom. The molecule has 6 heavy (non-hydrogen) atoms. The lowest BCUT2D eigenvalue weighted by molar-refractivity contribution is 0.429. The van der Waals surface area contributed by atoms with E-state index >= 15 is 0 Å². The number of rotatable bonds is 1. The quantitative estimate of drug-likeness (QED) is 0.303. The van der Waals surface area contributed by atoms with Gasteiger partial charge >= 0.3 is 0 Å². The normalized spacial score (nSPS) is 6.83. The van der Waals surface area contributed by atoms with Gasteiger partial charge in [0, 0.05) is 0 Å². The van der Waals surface area contributed by atoms with Crippen LogP contribution in [-0.4, -0.2) is 5.96 Å². The number of hydrogen-bond acceptors (Lipinski definition) is 2. The molecule has 5 heteroatoms. The fraction of sp³-hybridized carbons (Fsp3) is 0. The van der Waals surface area contributed by atoms with Crippen LogP contribution in [0.4, 0.5) is 0 Å². The summed E-state index contributed by atoms with van der Waals surface area (Å²) in [6, 6.07) is 0. The molecule has 0 aliphatic heterocycles. The Labute approximate surface area is 43.6 Å². The molecule has 0 aliphatic carbocycles. The van der Waals surface area contributed by atoms with Crippen LogP contribution in [0.2, 0.25) is 0 Å². The topological polar surface area (TPSA) is 73.6 Å². The average molecular weight is 154 g/mol. The number of hydrogen-bond donors (Lipinski definition) is 2. The van der Waals surface area contributed by atoms with Gasteiger partial charge in [-0.05, 0) is 5.16 Å². The standard InChI is InChI=1S/CH4BrN3O/c2-6-5-1(3)4/h(H4,3,4,5). The van der Waals surface area contributed by atoms with E-state index in [1.165, 1.54) is 0 Å². The predicted molar refractivity (Wildman–Crippen MR) is 25.8 cm³/mol. The smallest absolute Gasteiger partial charge is 0.229 e. The summed E-state index contributed by atoms with van der Waals surface area (Å²) in [6.07, 6.45) is 0. The summed E-state index contributed by atoms with van der Waals surface area (Å²) in [5, 5.41) is 3.01. The van der Waals surface area contributed by atoms with E-state index < -0.39 is 0 Å². The van der Waals surface area contributed by atoms with Crippen molar-refractivity contribution in [1.29, 1.82) is 0 Å². The molecule has 0 rings (SSSR count). The minimum atomic E-state index is -0.105. The van der Waals surface area contributed by atoms with Crippen molar-refractivity contribution < 1.29 is 3.93 Å². The lowest BCUT2D eigenvalue weighted by Crippen LogP contribution is -2.22. The SMILES string of the molecule is NC(N)=NOBr. The van der Waals surface area contributed by atoms with Gasteiger partial charge in [0.2, 0.25) is 22.2 Å². The Kier molecular flexibility index (Phi) is 2.56. The van der Waals surface area contributed by atoms with Crippen LogP contribution in [0.15, 0.2) is 5.16 Å². The third-order valence-corrected chi connectivity index (χ3v) is 0.285. The lowest BCUT2D eigenvalue weighted by atomic mass is 11.1. The molecule has 0 saturated heterocycles. The van der Waals surface area contributed by atoms with Crippen LogP contribution in [0.25, 0.3) is 0 Å². The molecule has 4 N–H and O–H groups in total. The molecule has 0 aromatic heterocycles. The van der Waals surface area contributed by atoms with Gasteiger partial charge in [-0.15, -0.1) is 0 Å². The highest BCUT2D eigenvalue weighted by molar-refractivity contribution is 9.05. The molecule has 0 radical (unpaired) electrons. The molecular weight excluding hydrogens is 150 g/mol. The molecule has 0 amide bonds. The van der Waals surface area contributed by atoms with Gasteiger partial charge in [0.15, 0.2) is 0 Å². The number of halogens is 1. The first-order chi connectivity index (χ1) is 2.77. The van der Waals surface area contributed by atoms with Crippen LogP contribution in [-0.2, 0) is 3.93 Å². The van der Waals surface area contributed by atoms with Gasteiger partial charge in [-0.25, -0.2) is 0 Å². The van der Waals surface area contributed by atoms with Crippen molar-refractivity contribution in [2.24, 2.45) is 16.6 Å². The molecule has 0 bridgehead atoms. The van der Waals surface area contributed by atoms with Crippen LogP contribution in [0.3, 0.4) is 0 Å². The van der Waals surface area contributed by atoms with Crippen LogP contribution < -0.4 is 11.5 Å². The minimum absolute atomic E-state index is 0.105. The largest absolute Gasteiger partial charge is 0.367 e. The fourth-order valence-corrected chi connectivity index (χ4v) is 0.207. The van der Waals surface area contributed by atoms with Crippen molar-refractivity contribution in [2.75, 3.05) is 0 Å². The third kappa shape index (κ3) is 3.55. The summed E-state index contributed by atoms with van der Waals surface area (Å²) in [5.74, 6) is -0.105. The maximum absolute atomic E-state index is 4.78. The van der Waals surface area contributed by atoms with E-state index in [0.29, 0.717) is 0 Å². The Balaban J connectivity index is 3.14. The Morgan fingerprint density at radius 3 is 2.17 bits per heavy atom. The molecule has 0 heterocycles. The van der Waals surface area contributed by atoms with Crippen molar-refractivity contribution in [3.8, 4) is 0 Å². The first-order valence-corrected chi connectivity index (χ1v) is 1.79. The predicted octanol–water partition coefficient (Wildman–Crippen LogP) is -0.499. The second-order valence-corrected chi connectivity index (χ2v) is 0.875. The van der Waals surface area contributed by atoms with Gasteiger partial charge in [0.05, 0.1) is 0 Å². The van der Waals surface area contributed by atoms with Crippen LogP contribution in [0.5, 0.6) is 0 Å². The van der Waals surface area contributed by atoms with E-state index in [1.54, 1.807) is 0 Å². The zero-order valence-electron chi connectivity index (χ0n) is 2.89. The molecule has 0 spiro atoms. The fourth-order valence-electron chi connectivity index (χ4n) is 0.0398. The van der Waals surface area contributed by atoms with Gasteiger partial charge in [0.25, 0.3) is 0 Å². The number of oxime groups is 1. The Hall–Kier alpha value is -0.450. The highest BCUT2D eigenvalue weighted by Gasteiger charge is 1.70. The number of nitrogens with zero attached hydrogens (tertiary/aromatic N) is 1. The van der Waals surface area contributed by atoms with Crippen molar-refractivity contribution in [3.05, 3.63) is 0 Å². The van der Waals surface area contributed by atoms with Crippen molar-refractivity contribution in [3.63, 3.8) is 0 Å². The van der Waals surface area contributed by atoms with Crippen LogP contribution >= 0.6 is 16.3 Å². The molecule has 0 aromatic rings. The van der Waals surface area contributed by atoms with Gasteiger partial charge in [0.1, 0.15) is 0 Å². The highest BCUT2D eigenvalue weighted by atomic mass is 79.9. The van der Waals surface area contributed by atoms with E-state index in [1.807, 2.05) is 0 Å². The summed E-state index contributed by atoms with van der Waals surface area (Å²) < 4.78 is 3.95. The lowest BCUT2D eigenvalue weighted by Gasteiger charge is -1.81. The Morgan fingerprint density at radius 1 is 1.67 bits per heavy atom. The first-order valence-electron chi connectivity index (χ1n) is 1.14. The summed E-state index contributed by atoms with van der Waals surface area (Å²) in [6.45, 7) is 0. The first kappa shape index (κ1) is 5.55. The van der Waals surface area contributed by atoms with E-state index in [4.69, 9.17) is 11.5 Å². The molecule has 0 unspecified atom stereocenters. The molecule has 0 fully saturated rings. The highest BCUT2D eigenvalue weighted by Crippen LogP contribution is 1.79. The van der Waals surface area contributed by atoms with E-state index in [9.17, 15) is 0 Å². The summed E-state index contributed by atoms with van der Waals surface area (Å²) in [7, 11) is 0. The second-order valence-electron chi connectivity index (χ2n) is 0.585. The maximum Gasteiger partial charge on any atom is 0.229 e. The molecular formula is CH4BrN3O. The van der Waals surface area contributed by atoms with Gasteiger partial charge < -0.3 is 15.4 Å². The summed E-state index contributed by atoms with van der Waals surface area (Å²) in [4.78, 5) is 0. The van der Waals surface area contributed by atoms with Gasteiger partial charge in [-0.1, -0.05) is 0 Å². The van der Waals surface area contributed by atoms with Gasteiger partial charge in [-0.3, -0.25) is 0 Å². The molecule has 0 aromatic carbocycles. The molecule has 36 valence electrons. The van der Waals surface area contributed by atoms with Crippen molar-refractivity contribution >= 4 is 22.2 Å². The number of guanidine groups is 1. The maximum atomic E-state index is 4.78. The average Bonchev–Trinajstić information content (AvgIpc) is 1.35. The Bertz CT molecular complexity index is 57.8. The molecule has 0 atom stereocenters. The molecule has 4 nitrogen and oxygen atoms in total. The third-order valence-electron chi connectivity index (χ3n) is 0.140. The van der Waals surface area contributed by atoms with E-state index in [2.05, 4.69) is 25.3 Å². The molecule has 0 saturated carbocycles. The van der Waals surface area contributed by atoms with E-state index in [-0.39, 0.29) is 5.96 Å². The van der Waals surface area contributed by atoms with Gasteiger partial charge in [-0.2, -0.15) is 0 Å². The second kappa shape index (κ2) is 2.77. The van der Waals surface area contributed by atoms with Crippen LogP contribution in [0, 0.1) is 0 Å². The van der Waals surface area contributed by atoms with Crippen molar-refractivity contribution in [1.82, 2.24) is 0 Å². The van der Waals surface area contributed by atoms with Crippen LogP contribution in [0.1, 0.15) is 0 Å². The summed E-state index contributed by atoms with van der Waals surface area (Å²) in [5.41, 5.74) is 9.55. The zero-order chi connectivity index (χ0) is 4.99.